The summed E-state index contributed by atoms with van der Waals surface area (Å²) in [6.07, 6.45) is 2.46. The Labute approximate surface area is 201 Å². The number of benzene rings is 1. The lowest BCUT2D eigenvalue weighted by Crippen LogP contribution is -2.36. The summed E-state index contributed by atoms with van der Waals surface area (Å²) in [4.78, 5) is 12.5. The SMILES string of the molecule is CN=C(NCc1ccnc(-n2ccnc2)c1)NCc1ccc(C)cc1OCC(F)(F)F.I. The van der Waals surface area contributed by atoms with Crippen LogP contribution >= 0.6 is 24.0 Å². The van der Waals surface area contributed by atoms with Crippen LogP contribution in [-0.2, 0) is 13.1 Å². The van der Waals surface area contributed by atoms with Gasteiger partial charge in [0.1, 0.15) is 17.9 Å². The molecule has 0 atom stereocenters. The molecule has 172 valence electrons. The minimum atomic E-state index is -4.40. The lowest BCUT2D eigenvalue weighted by atomic mass is 10.1. The zero-order chi connectivity index (χ0) is 22.3. The molecule has 0 aliphatic carbocycles. The van der Waals surface area contributed by atoms with Gasteiger partial charge in [0.05, 0.1) is 0 Å². The van der Waals surface area contributed by atoms with Crippen molar-refractivity contribution in [3.05, 3.63) is 71.9 Å². The molecule has 0 saturated carbocycles. The second kappa shape index (κ2) is 11.7. The third kappa shape index (κ3) is 7.70. The van der Waals surface area contributed by atoms with Crippen molar-refractivity contribution in [2.24, 2.45) is 4.99 Å². The highest BCUT2D eigenvalue weighted by Crippen LogP contribution is 2.23. The first kappa shape index (κ1) is 25.4. The Balaban J connectivity index is 0.00000363. The largest absolute Gasteiger partial charge is 0.484 e. The van der Waals surface area contributed by atoms with E-state index in [-0.39, 0.29) is 36.3 Å². The predicted molar refractivity (Wildman–Crippen MR) is 127 cm³/mol. The highest BCUT2D eigenvalue weighted by Gasteiger charge is 2.28. The summed E-state index contributed by atoms with van der Waals surface area (Å²) in [5.41, 5.74) is 2.39. The van der Waals surface area contributed by atoms with Gasteiger partial charge in [-0.2, -0.15) is 13.2 Å². The molecular weight excluding hydrogens is 536 g/mol. The fourth-order valence-corrected chi connectivity index (χ4v) is 2.79. The summed E-state index contributed by atoms with van der Waals surface area (Å²) in [7, 11) is 1.62. The van der Waals surface area contributed by atoms with Crippen LogP contribution < -0.4 is 15.4 Å². The van der Waals surface area contributed by atoms with Gasteiger partial charge in [0.15, 0.2) is 12.6 Å². The van der Waals surface area contributed by atoms with Crippen molar-refractivity contribution >= 4 is 29.9 Å². The smallest absolute Gasteiger partial charge is 0.422 e. The van der Waals surface area contributed by atoms with Crippen LogP contribution in [0.15, 0.2) is 60.2 Å². The first-order valence-corrected chi connectivity index (χ1v) is 9.51. The van der Waals surface area contributed by atoms with Crippen molar-refractivity contribution in [1.82, 2.24) is 25.2 Å². The average molecular weight is 560 g/mol. The van der Waals surface area contributed by atoms with Gasteiger partial charge in [-0.3, -0.25) is 9.56 Å². The Morgan fingerprint density at radius 1 is 1.12 bits per heavy atom. The number of rotatable bonds is 7. The number of aliphatic imine (C=N–C) groups is 1. The maximum absolute atomic E-state index is 12.5. The van der Waals surface area contributed by atoms with Crippen molar-refractivity contribution in [1.29, 1.82) is 0 Å². The quantitative estimate of drug-likeness (QED) is 0.260. The third-order valence-electron chi connectivity index (χ3n) is 4.32. The van der Waals surface area contributed by atoms with Crippen LogP contribution in [0.4, 0.5) is 13.2 Å². The molecule has 32 heavy (non-hydrogen) atoms. The number of hydrogen-bond donors (Lipinski definition) is 2. The van der Waals surface area contributed by atoms with Crippen molar-refractivity contribution in [2.75, 3.05) is 13.7 Å². The number of alkyl halides is 3. The number of halogens is 4. The van der Waals surface area contributed by atoms with Crippen molar-refractivity contribution in [2.45, 2.75) is 26.2 Å². The minimum absolute atomic E-state index is 0. The van der Waals surface area contributed by atoms with Gasteiger partial charge in [0, 0.05) is 44.3 Å². The Morgan fingerprint density at radius 2 is 1.91 bits per heavy atom. The lowest BCUT2D eigenvalue weighted by molar-refractivity contribution is -0.153. The number of ether oxygens (including phenoxy) is 1. The zero-order valence-corrected chi connectivity index (χ0v) is 19.9. The number of nitrogens with zero attached hydrogens (tertiary/aromatic N) is 4. The molecule has 0 saturated heterocycles. The van der Waals surface area contributed by atoms with E-state index in [1.807, 2.05) is 18.2 Å². The van der Waals surface area contributed by atoms with Gasteiger partial charge >= 0.3 is 6.18 Å². The molecule has 0 radical (unpaired) electrons. The monoisotopic (exact) mass is 560 g/mol. The number of aryl methyl sites for hydroxylation is 1. The summed E-state index contributed by atoms with van der Waals surface area (Å²) in [5.74, 6) is 1.44. The van der Waals surface area contributed by atoms with Crippen molar-refractivity contribution < 1.29 is 17.9 Å². The first-order chi connectivity index (χ1) is 14.8. The van der Waals surface area contributed by atoms with Crippen LogP contribution in [0.3, 0.4) is 0 Å². The molecule has 0 aliphatic rings. The Morgan fingerprint density at radius 3 is 2.59 bits per heavy atom. The number of hydrogen-bond acceptors (Lipinski definition) is 4. The molecule has 2 N–H and O–H groups in total. The van der Waals surface area contributed by atoms with Gasteiger partial charge in [0.25, 0.3) is 0 Å². The van der Waals surface area contributed by atoms with E-state index >= 15 is 0 Å². The third-order valence-corrected chi connectivity index (χ3v) is 4.32. The molecule has 0 aliphatic heterocycles. The second-order valence-corrected chi connectivity index (χ2v) is 6.79. The van der Waals surface area contributed by atoms with Gasteiger partial charge in [-0.15, -0.1) is 24.0 Å². The van der Waals surface area contributed by atoms with E-state index in [4.69, 9.17) is 4.74 Å². The van der Waals surface area contributed by atoms with Gasteiger partial charge < -0.3 is 15.4 Å². The molecule has 0 unspecified atom stereocenters. The normalized spacial score (nSPS) is 11.6. The van der Waals surface area contributed by atoms with Crippen molar-refractivity contribution in [3.8, 4) is 11.6 Å². The van der Waals surface area contributed by atoms with Gasteiger partial charge in [-0.1, -0.05) is 12.1 Å². The number of guanidine groups is 1. The predicted octanol–water partition coefficient (Wildman–Crippen LogP) is 4.00. The summed E-state index contributed by atoms with van der Waals surface area (Å²) in [5, 5.41) is 6.28. The molecule has 1 aromatic carbocycles. The molecule has 0 amide bonds. The number of imidazole rings is 1. The molecule has 11 heteroatoms. The van der Waals surface area contributed by atoms with E-state index in [1.165, 1.54) is 0 Å². The second-order valence-electron chi connectivity index (χ2n) is 6.79. The summed E-state index contributed by atoms with van der Waals surface area (Å²) in [6, 6.07) is 8.95. The Bertz CT molecular complexity index is 1020. The molecule has 3 aromatic rings. The lowest BCUT2D eigenvalue weighted by Gasteiger charge is -2.16. The van der Waals surface area contributed by atoms with Crippen LogP contribution in [0.1, 0.15) is 16.7 Å². The molecule has 2 heterocycles. The van der Waals surface area contributed by atoms with Crippen LogP contribution in [0.2, 0.25) is 0 Å². The summed E-state index contributed by atoms with van der Waals surface area (Å²) in [6.45, 7) is 1.20. The van der Waals surface area contributed by atoms with Crippen LogP contribution in [0.25, 0.3) is 5.82 Å². The molecule has 0 bridgehead atoms. The highest BCUT2D eigenvalue weighted by atomic mass is 127. The first-order valence-electron chi connectivity index (χ1n) is 9.51. The van der Waals surface area contributed by atoms with Gasteiger partial charge in [-0.05, 0) is 36.2 Å². The van der Waals surface area contributed by atoms with E-state index in [9.17, 15) is 13.2 Å². The fourth-order valence-electron chi connectivity index (χ4n) is 2.79. The van der Waals surface area contributed by atoms with Crippen LogP contribution in [-0.4, -0.2) is 40.3 Å². The maximum atomic E-state index is 12.5. The average Bonchev–Trinajstić information content (AvgIpc) is 3.28. The number of pyridine rings is 1. The molecule has 2 aromatic heterocycles. The zero-order valence-electron chi connectivity index (χ0n) is 17.6. The number of aromatic nitrogens is 3. The fraction of sp³-hybridized carbons (Fsp3) is 0.286. The topological polar surface area (TPSA) is 76.4 Å². The van der Waals surface area contributed by atoms with E-state index < -0.39 is 12.8 Å². The van der Waals surface area contributed by atoms with Gasteiger partial charge in [0.2, 0.25) is 0 Å². The molecule has 3 rings (SSSR count). The van der Waals surface area contributed by atoms with E-state index in [0.29, 0.717) is 18.1 Å². The molecule has 0 fully saturated rings. The van der Waals surface area contributed by atoms with E-state index in [2.05, 4.69) is 25.6 Å². The highest BCUT2D eigenvalue weighted by molar-refractivity contribution is 14.0. The Hall–Kier alpha value is -2.83. The Kier molecular flexibility index (Phi) is 9.29. The number of nitrogens with one attached hydrogen (secondary N) is 2. The van der Waals surface area contributed by atoms with E-state index in [1.54, 1.807) is 55.6 Å². The van der Waals surface area contributed by atoms with Crippen LogP contribution in [0.5, 0.6) is 5.75 Å². The summed E-state index contributed by atoms with van der Waals surface area (Å²) >= 11 is 0. The standard InChI is InChI=1S/C21H23F3N6O.HI/c1-15-3-4-17(18(9-15)31-13-21(22,23)24)12-29-20(25-2)28-11-16-5-6-27-19(10-16)30-8-7-26-14-30;/h3-10,14H,11-13H2,1-2H3,(H2,25,28,29);1H. The van der Waals surface area contributed by atoms with Gasteiger partial charge in [-0.25, -0.2) is 9.97 Å². The van der Waals surface area contributed by atoms with Crippen molar-refractivity contribution in [3.63, 3.8) is 0 Å². The molecule has 0 spiro atoms. The molecule has 7 nitrogen and oxygen atoms in total. The molecular formula is C21H24F3IN6O. The van der Waals surface area contributed by atoms with E-state index in [0.717, 1.165) is 16.9 Å². The summed E-state index contributed by atoms with van der Waals surface area (Å²) < 4.78 is 44.4. The minimum Gasteiger partial charge on any atom is -0.484 e. The maximum Gasteiger partial charge on any atom is 0.422 e. The van der Waals surface area contributed by atoms with Crippen LogP contribution in [0, 0.1) is 6.92 Å².